The van der Waals surface area contributed by atoms with Crippen molar-refractivity contribution < 1.29 is 18.5 Å². The molecule has 1 aromatic heterocycles. The lowest BCUT2D eigenvalue weighted by atomic mass is 10.2. The van der Waals surface area contributed by atoms with E-state index in [0.717, 1.165) is 29.5 Å². The summed E-state index contributed by atoms with van der Waals surface area (Å²) in [6.07, 6.45) is 0. The number of anilines is 1. The molecule has 0 radical (unpaired) electrons. The van der Waals surface area contributed by atoms with E-state index in [1.54, 1.807) is 0 Å². The molecular weight excluding hydrogens is 352 g/mol. The highest BCUT2D eigenvalue weighted by atomic mass is 32.1. The van der Waals surface area contributed by atoms with Crippen molar-refractivity contribution >= 4 is 28.6 Å². The van der Waals surface area contributed by atoms with Crippen LogP contribution in [0.15, 0.2) is 47.8 Å². The van der Waals surface area contributed by atoms with Crippen LogP contribution < -0.4 is 5.32 Å². The molecule has 1 heterocycles. The Bertz CT molecular complexity index is 958. The minimum absolute atomic E-state index is 0.0234. The average molecular weight is 361 g/mol. The summed E-state index contributed by atoms with van der Waals surface area (Å²) in [5, 5.41) is 15.0. The lowest BCUT2D eigenvalue weighted by Crippen LogP contribution is -2.13. The molecule has 0 spiro atoms. The van der Waals surface area contributed by atoms with E-state index >= 15 is 0 Å². The van der Waals surface area contributed by atoms with E-state index in [1.807, 2.05) is 0 Å². The molecule has 3 rings (SSSR count). The number of rotatable bonds is 4. The molecule has 25 heavy (non-hydrogen) atoms. The maximum Gasteiger partial charge on any atom is 0.275 e. The molecule has 126 valence electrons. The van der Waals surface area contributed by atoms with Crippen molar-refractivity contribution in [2.24, 2.45) is 0 Å². The van der Waals surface area contributed by atoms with Gasteiger partial charge in [0.1, 0.15) is 22.3 Å². The number of thiazole rings is 1. The number of nitrogens with zero attached hydrogens (tertiary/aromatic N) is 2. The minimum Gasteiger partial charge on any atom is -0.318 e. The molecule has 2 aromatic carbocycles. The second-order valence-electron chi connectivity index (χ2n) is 4.92. The molecule has 1 amide bonds. The molecule has 0 unspecified atom stereocenters. The molecule has 0 saturated carbocycles. The fourth-order valence-corrected chi connectivity index (χ4v) is 2.82. The van der Waals surface area contributed by atoms with Gasteiger partial charge < -0.3 is 5.32 Å². The summed E-state index contributed by atoms with van der Waals surface area (Å²) in [4.78, 5) is 26.4. The van der Waals surface area contributed by atoms with Crippen molar-refractivity contribution in [1.82, 2.24) is 4.98 Å². The third kappa shape index (κ3) is 3.66. The Kier molecular flexibility index (Phi) is 4.48. The van der Waals surface area contributed by atoms with Crippen molar-refractivity contribution in [2.45, 2.75) is 0 Å². The highest BCUT2D eigenvalue weighted by molar-refractivity contribution is 7.13. The van der Waals surface area contributed by atoms with Gasteiger partial charge in [-0.05, 0) is 30.3 Å². The molecule has 0 aliphatic heterocycles. The fourth-order valence-electron chi connectivity index (χ4n) is 2.01. The Balaban J connectivity index is 1.82. The molecule has 0 saturated heterocycles. The number of halogens is 2. The molecule has 0 fully saturated rings. The van der Waals surface area contributed by atoms with Gasteiger partial charge in [0.05, 0.1) is 10.6 Å². The number of hydrogen-bond donors (Lipinski definition) is 1. The molecule has 1 N–H and O–H groups in total. The predicted molar refractivity (Wildman–Crippen MR) is 88.5 cm³/mol. The Morgan fingerprint density at radius 1 is 1.16 bits per heavy atom. The molecule has 9 heteroatoms. The van der Waals surface area contributed by atoms with E-state index in [0.29, 0.717) is 10.6 Å². The van der Waals surface area contributed by atoms with Crippen LogP contribution in [0.5, 0.6) is 0 Å². The minimum atomic E-state index is -0.798. The number of benzene rings is 2. The van der Waals surface area contributed by atoms with E-state index in [9.17, 15) is 23.7 Å². The number of hydrogen-bond acceptors (Lipinski definition) is 5. The van der Waals surface area contributed by atoms with Crippen LogP contribution in [0.1, 0.15) is 10.5 Å². The summed E-state index contributed by atoms with van der Waals surface area (Å²) in [5.41, 5.74) is -0.000258. The second kappa shape index (κ2) is 6.73. The van der Waals surface area contributed by atoms with Gasteiger partial charge in [-0.25, -0.2) is 13.8 Å². The zero-order chi connectivity index (χ0) is 18.0. The first-order chi connectivity index (χ1) is 11.9. The largest absolute Gasteiger partial charge is 0.318 e. The SMILES string of the molecule is O=C(Nc1cc([N+](=O)[O-])ccc1F)c1csc(-c2ccc(F)cc2)n1. The number of nitro groups is 1. The van der Waals surface area contributed by atoms with Crippen LogP contribution in [-0.4, -0.2) is 15.8 Å². The molecule has 0 aliphatic rings. The van der Waals surface area contributed by atoms with E-state index in [-0.39, 0.29) is 22.9 Å². The summed E-state index contributed by atoms with van der Waals surface area (Å²) < 4.78 is 26.7. The first-order valence-corrected chi connectivity index (χ1v) is 7.79. The van der Waals surface area contributed by atoms with Crippen molar-refractivity contribution in [3.63, 3.8) is 0 Å². The van der Waals surface area contributed by atoms with Gasteiger partial charge in [0.25, 0.3) is 11.6 Å². The topological polar surface area (TPSA) is 85.1 Å². The molecule has 3 aromatic rings. The summed E-state index contributed by atoms with van der Waals surface area (Å²) in [6, 6.07) is 8.43. The molecule has 0 atom stereocenters. The smallest absolute Gasteiger partial charge is 0.275 e. The zero-order valence-electron chi connectivity index (χ0n) is 12.4. The van der Waals surface area contributed by atoms with Gasteiger partial charge in [0.15, 0.2) is 0 Å². The Morgan fingerprint density at radius 2 is 1.88 bits per heavy atom. The van der Waals surface area contributed by atoms with Crippen LogP contribution >= 0.6 is 11.3 Å². The zero-order valence-corrected chi connectivity index (χ0v) is 13.2. The van der Waals surface area contributed by atoms with Gasteiger partial charge in [-0.3, -0.25) is 14.9 Å². The van der Waals surface area contributed by atoms with Crippen molar-refractivity contribution in [2.75, 3.05) is 5.32 Å². The molecule has 0 bridgehead atoms. The normalized spacial score (nSPS) is 10.5. The summed E-state index contributed by atoms with van der Waals surface area (Å²) in [6.45, 7) is 0. The van der Waals surface area contributed by atoms with Crippen LogP contribution in [0.4, 0.5) is 20.2 Å². The average Bonchev–Trinajstić information content (AvgIpc) is 3.07. The van der Waals surface area contributed by atoms with Gasteiger partial charge in [0.2, 0.25) is 0 Å². The predicted octanol–water partition coefficient (Wildman–Crippen LogP) is 4.25. The molecule has 6 nitrogen and oxygen atoms in total. The van der Waals surface area contributed by atoms with Crippen molar-refractivity contribution in [3.8, 4) is 10.6 Å². The van der Waals surface area contributed by atoms with Crippen molar-refractivity contribution in [3.05, 3.63) is 75.3 Å². The Morgan fingerprint density at radius 3 is 2.56 bits per heavy atom. The first kappa shape index (κ1) is 16.7. The number of nitrogens with one attached hydrogen (secondary N) is 1. The van der Waals surface area contributed by atoms with Crippen LogP contribution in [0.2, 0.25) is 0 Å². The number of aromatic nitrogens is 1. The van der Waals surface area contributed by atoms with E-state index in [4.69, 9.17) is 0 Å². The molecular formula is C16H9F2N3O3S. The fraction of sp³-hybridized carbons (Fsp3) is 0. The maximum absolute atomic E-state index is 13.7. The van der Waals surface area contributed by atoms with Gasteiger partial charge in [-0.2, -0.15) is 0 Å². The standard InChI is InChI=1S/C16H9F2N3O3S/c17-10-3-1-9(2-4-10)16-20-14(8-25-16)15(22)19-13-7-11(21(23)24)5-6-12(13)18/h1-8H,(H,19,22). The highest BCUT2D eigenvalue weighted by Crippen LogP contribution is 2.25. The van der Waals surface area contributed by atoms with Gasteiger partial charge in [-0.15, -0.1) is 11.3 Å². The number of nitro benzene ring substituents is 1. The Labute approximate surface area is 143 Å². The third-order valence-electron chi connectivity index (χ3n) is 3.24. The van der Waals surface area contributed by atoms with Gasteiger partial charge in [-0.1, -0.05) is 0 Å². The third-order valence-corrected chi connectivity index (χ3v) is 4.13. The lowest BCUT2D eigenvalue weighted by Gasteiger charge is -2.04. The van der Waals surface area contributed by atoms with Crippen LogP contribution in [0.25, 0.3) is 10.6 Å². The van der Waals surface area contributed by atoms with E-state index in [1.165, 1.54) is 29.6 Å². The monoisotopic (exact) mass is 361 g/mol. The lowest BCUT2D eigenvalue weighted by molar-refractivity contribution is -0.384. The first-order valence-electron chi connectivity index (χ1n) is 6.91. The summed E-state index contributed by atoms with van der Waals surface area (Å²) in [5.74, 6) is -1.89. The highest BCUT2D eigenvalue weighted by Gasteiger charge is 2.16. The quantitative estimate of drug-likeness (QED) is 0.556. The number of non-ortho nitro benzene ring substituents is 1. The maximum atomic E-state index is 13.7. The van der Waals surface area contributed by atoms with Gasteiger partial charge >= 0.3 is 0 Å². The van der Waals surface area contributed by atoms with Crippen molar-refractivity contribution in [1.29, 1.82) is 0 Å². The van der Waals surface area contributed by atoms with Crippen LogP contribution in [-0.2, 0) is 0 Å². The summed E-state index contributed by atoms with van der Waals surface area (Å²) in [7, 11) is 0. The van der Waals surface area contributed by atoms with E-state index in [2.05, 4.69) is 10.3 Å². The molecule has 0 aliphatic carbocycles. The number of carbonyl (C=O) groups is 1. The van der Waals surface area contributed by atoms with E-state index < -0.39 is 16.6 Å². The van der Waals surface area contributed by atoms with Gasteiger partial charge in [0, 0.05) is 23.1 Å². The number of carbonyl (C=O) groups excluding carboxylic acids is 1. The number of amides is 1. The second-order valence-corrected chi connectivity index (χ2v) is 5.78. The van der Waals surface area contributed by atoms with Crippen LogP contribution in [0.3, 0.4) is 0 Å². The summed E-state index contributed by atoms with van der Waals surface area (Å²) >= 11 is 1.16. The Hall–Kier alpha value is -3.20. The van der Waals surface area contributed by atoms with Crippen LogP contribution in [0, 0.1) is 21.7 Å².